The maximum Gasteiger partial charge on any atom is 0.266 e. The third-order valence-corrected chi connectivity index (χ3v) is 4.21. The average molecular weight is 347 g/mol. The first-order valence-corrected chi connectivity index (χ1v) is 7.45. The zero-order chi connectivity index (χ0) is 14.5. The van der Waals surface area contributed by atoms with Crippen LogP contribution >= 0.6 is 27.3 Å². The number of carbonyl (C=O) groups is 1. The van der Waals surface area contributed by atoms with E-state index < -0.39 is 5.91 Å². The Morgan fingerprint density at radius 2 is 2.10 bits per heavy atom. The van der Waals surface area contributed by atoms with Crippen LogP contribution in [0.4, 0.5) is 5.69 Å². The van der Waals surface area contributed by atoms with Crippen molar-refractivity contribution in [3.05, 3.63) is 56.2 Å². The van der Waals surface area contributed by atoms with E-state index in [1.54, 1.807) is 6.08 Å². The largest absolute Gasteiger partial charge is 0.321 e. The predicted molar refractivity (Wildman–Crippen MR) is 85.4 cm³/mol. The maximum absolute atomic E-state index is 12.1. The van der Waals surface area contributed by atoms with Crippen LogP contribution in [0.2, 0.25) is 0 Å². The third-order valence-electron chi connectivity index (χ3n) is 2.64. The number of carbonyl (C=O) groups excluding carboxylic acids is 1. The molecule has 0 saturated heterocycles. The van der Waals surface area contributed by atoms with Crippen molar-refractivity contribution in [2.75, 3.05) is 5.32 Å². The van der Waals surface area contributed by atoms with Gasteiger partial charge in [-0.05, 0) is 52.7 Å². The molecule has 0 spiro atoms. The van der Waals surface area contributed by atoms with Gasteiger partial charge in [-0.15, -0.1) is 11.3 Å². The Bertz CT molecular complexity index is 713. The number of nitrogens with one attached hydrogen (secondary N) is 1. The van der Waals surface area contributed by atoms with Crippen LogP contribution in [0.3, 0.4) is 0 Å². The zero-order valence-electron chi connectivity index (χ0n) is 10.7. The van der Waals surface area contributed by atoms with Gasteiger partial charge < -0.3 is 5.32 Å². The summed E-state index contributed by atoms with van der Waals surface area (Å²) in [7, 11) is 0. The van der Waals surface area contributed by atoms with Gasteiger partial charge in [0.25, 0.3) is 5.91 Å². The van der Waals surface area contributed by atoms with Crippen molar-refractivity contribution in [2.45, 2.75) is 6.92 Å². The highest BCUT2D eigenvalue weighted by Gasteiger charge is 2.11. The number of aryl methyl sites for hydroxylation is 1. The summed E-state index contributed by atoms with van der Waals surface area (Å²) in [6.45, 7) is 1.90. The van der Waals surface area contributed by atoms with Crippen molar-refractivity contribution >= 4 is 44.9 Å². The van der Waals surface area contributed by atoms with Gasteiger partial charge in [0.1, 0.15) is 11.6 Å². The van der Waals surface area contributed by atoms with Crippen molar-refractivity contribution in [1.82, 2.24) is 0 Å². The number of halogens is 1. The average Bonchev–Trinajstić information content (AvgIpc) is 2.84. The fourth-order valence-corrected chi connectivity index (χ4v) is 2.97. The highest BCUT2D eigenvalue weighted by atomic mass is 79.9. The number of amides is 1. The summed E-state index contributed by atoms with van der Waals surface area (Å²) >= 11 is 4.82. The lowest BCUT2D eigenvalue weighted by atomic mass is 10.2. The summed E-state index contributed by atoms with van der Waals surface area (Å²) in [5, 5.41) is 11.9. The topological polar surface area (TPSA) is 52.9 Å². The van der Waals surface area contributed by atoms with Crippen molar-refractivity contribution in [2.24, 2.45) is 0 Å². The van der Waals surface area contributed by atoms with E-state index in [9.17, 15) is 4.79 Å². The Morgan fingerprint density at radius 1 is 1.35 bits per heavy atom. The molecule has 1 N–H and O–H groups in total. The van der Waals surface area contributed by atoms with Gasteiger partial charge in [-0.2, -0.15) is 5.26 Å². The van der Waals surface area contributed by atoms with Crippen molar-refractivity contribution in [3.8, 4) is 6.07 Å². The fraction of sp³-hybridized carbons (Fsp3) is 0.0667. The van der Waals surface area contributed by atoms with E-state index in [4.69, 9.17) is 5.26 Å². The molecule has 0 aliphatic carbocycles. The molecule has 0 saturated carbocycles. The van der Waals surface area contributed by atoms with Gasteiger partial charge in [-0.3, -0.25) is 4.79 Å². The van der Waals surface area contributed by atoms with E-state index in [0.29, 0.717) is 5.69 Å². The van der Waals surface area contributed by atoms with Crippen LogP contribution in [-0.4, -0.2) is 5.91 Å². The van der Waals surface area contributed by atoms with Gasteiger partial charge in [-0.25, -0.2) is 0 Å². The Balaban J connectivity index is 2.21. The predicted octanol–water partition coefficient (Wildman–Crippen LogP) is 4.36. The first kappa shape index (κ1) is 14.5. The molecule has 0 atom stereocenters. The normalized spacial score (nSPS) is 10.9. The van der Waals surface area contributed by atoms with Crippen LogP contribution in [0.25, 0.3) is 6.08 Å². The molecule has 5 heteroatoms. The molecule has 0 aliphatic heterocycles. The molecular formula is C15H11BrN2OS. The second-order valence-electron chi connectivity index (χ2n) is 4.08. The van der Waals surface area contributed by atoms with Crippen LogP contribution in [-0.2, 0) is 4.79 Å². The molecule has 0 radical (unpaired) electrons. The number of thiophene rings is 1. The van der Waals surface area contributed by atoms with E-state index >= 15 is 0 Å². The molecule has 2 aromatic rings. The number of hydrogen-bond donors (Lipinski definition) is 1. The van der Waals surface area contributed by atoms with E-state index in [1.165, 1.54) is 11.3 Å². The summed E-state index contributed by atoms with van der Waals surface area (Å²) in [4.78, 5) is 13.0. The molecule has 1 amide bonds. The molecule has 0 aliphatic rings. The van der Waals surface area contributed by atoms with Gasteiger partial charge in [-0.1, -0.05) is 18.2 Å². The smallest absolute Gasteiger partial charge is 0.266 e. The Kier molecular flexibility index (Phi) is 4.72. The third kappa shape index (κ3) is 3.56. The van der Waals surface area contributed by atoms with Gasteiger partial charge in [0.05, 0.1) is 3.79 Å². The molecule has 100 valence electrons. The van der Waals surface area contributed by atoms with Gasteiger partial charge in [0.2, 0.25) is 0 Å². The molecule has 0 fully saturated rings. The quantitative estimate of drug-likeness (QED) is 0.662. The zero-order valence-corrected chi connectivity index (χ0v) is 13.1. The number of nitriles is 1. The number of rotatable bonds is 3. The summed E-state index contributed by atoms with van der Waals surface area (Å²) in [5.41, 5.74) is 1.76. The molecule has 1 heterocycles. The Labute approximate surface area is 129 Å². The minimum Gasteiger partial charge on any atom is -0.321 e. The minimum atomic E-state index is -0.397. The molecule has 1 aromatic carbocycles. The lowest BCUT2D eigenvalue weighted by Crippen LogP contribution is -2.14. The van der Waals surface area contributed by atoms with E-state index in [1.807, 2.05) is 49.4 Å². The maximum atomic E-state index is 12.1. The monoisotopic (exact) mass is 346 g/mol. The first-order chi connectivity index (χ1) is 9.60. The molecule has 1 aromatic heterocycles. The van der Waals surface area contributed by atoms with Gasteiger partial charge >= 0.3 is 0 Å². The van der Waals surface area contributed by atoms with E-state index in [-0.39, 0.29) is 5.57 Å². The van der Waals surface area contributed by atoms with E-state index in [0.717, 1.165) is 14.2 Å². The summed E-state index contributed by atoms with van der Waals surface area (Å²) in [5.74, 6) is -0.397. The number of para-hydroxylation sites is 1. The van der Waals surface area contributed by atoms with Gasteiger partial charge in [0.15, 0.2) is 0 Å². The highest BCUT2D eigenvalue weighted by molar-refractivity contribution is 9.11. The Morgan fingerprint density at radius 3 is 2.70 bits per heavy atom. The standard InChI is InChI=1S/C15H11BrN2OS/c1-10-4-2-3-5-13(10)18-15(19)11(9-17)8-12-6-7-14(16)20-12/h2-8H,1H3,(H,18,19)/b11-8-. The number of hydrogen-bond acceptors (Lipinski definition) is 3. The number of anilines is 1. The lowest BCUT2D eigenvalue weighted by Gasteiger charge is -2.06. The summed E-state index contributed by atoms with van der Waals surface area (Å²) in [6.07, 6.45) is 1.59. The van der Waals surface area contributed by atoms with Crippen LogP contribution < -0.4 is 5.32 Å². The molecule has 0 unspecified atom stereocenters. The molecule has 2 rings (SSSR count). The minimum absolute atomic E-state index is 0.0857. The summed E-state index contributed by atoms with van der Waals surface area (Å²) in [6, 6.07) is 13.1. The lowest BCUT2D eigenvalue weighted by molar-refractivity contribution is -0.112. The fourth-order valence-electron chi connectivity index (χ4n) is 1.60. The molecule has 0 bridgehead atoms. The number of benzene rings is 1. The van der Waals surface area contributed by atoms with Crippen LogP contribution in [0.15, 0.2) is 45.8 Å². The molecule has 3 nitrogen and oxygen atoms in total. The summed E-state index contributed by atoms with van der Waals surface area (Å²) < 4.78 is 0.959. The van der Waals surface area contributed by atoms with Crippen molar-refractivity contribution in [3.63, 3.8) is 0 Å². The second kappa shape index (κ2) is 6.51. The van der Waals surface area contributed by atoms with Crippen LogP contribution in [0.5, 0.6) is 0 Å². The SMILES string of the molecule is Cc1ccccc1NC(=O)/C(C#N)=C\c1ccc(Br)s1. The molecule has 20 heavy (non-hydrogen) atoms. The number of nitrogens with zero attached hydrogens (tertiary/aromatic N) is 1. The first-order valence-electron chi connectivity index (χ1n) is 5.84. The van der Waals surface area contributed by atoms with Crippen LogP contribution in [0, 0.1) is 18.3 Å². The van der Waals surface area contributed by atoms with Crippen molar-refractivity contribution in [1.29, 1.82) is 5.26 Å². The Hall–Kier alpha value is -1.90. The molecular weight excluding hydrogens is 336 g/mol. The van der Waals surface area contributed by atoms with Gasteiger partial charge in [0, 0.05) is 10.6 Å². The van der Waals surface area contributed by atoms with E-state index in [2.05, 4.69) is 21.2 Å². The van der Waals surface area contributed by atoms with Crippen molar-refractivity contribution < 1.29 is 4.79 Å². The second-order valence-corrected chi connectivity index (χ2v) is 6.58. The highest BCUT2D eigenvalue weighted by Crippen LogP contribution is 2.24. The van der Waals surface area contributed by atoms with Crippen LogP contribution in [0.1, 0.15) is 10.4 Å².